The van der Waals surface area contributed by atoms with E-state index < -0.39 is 0 Å². The molecule has 9 heteroatoms. The van der Waals surface area contributed by atoms with Crippen LogP contribution in [0.15, 0.2) is 18.2 Å². The zero-order valence-corrected chi connectivity index (χ0v) is 16.2. The summed E-state index contributed by atoms with van der Waals surface area (Å²) in [6.45, 7) is 3.11. The third-order valence-corrected chi connectivity index (χ3v) is 4.96. The molecule has 2 saturated heterocycles. The van der Waals surface area contributed by atoms with Crippen molar-refractivity contribution in [3.05, 3.63) is 23.8 Å². The van der Waals surface area contributed by atoms with E-state index in [1.165, 1.54) is 19.1 Å². The van der Waals surface area contributed by atoms with Crippen LogP contribution in [0.3, 0.4) is 0 Å². The number of cyclic esters (lactones) is 1. The molecule has 152 valence electrons. The molecule has 0 saturated carbocycles. The Morgan fingerprint density at radius 2 is 1.57 bits per heavy atom. The van der Waals surface area contributed by atoms with Gasteiger partial charge in [-0.2, -0.15) is 0 Å². The molecule has 1 aromatic carbocycles. The van der Waals surface area contributed by atoms with Crippen LogP contribution in [0.1, 0.15) is 16.8 Å². The van der Waals surface area contributed by atoms with Crippen LogP contribution in [0.25, 0.3) is 0 Å². The molecule has 0 aromatic heterocycles. The van der Waals surface area contributed by atoms with Crippen molar-refractivity contribution in [2.24, 2.45) is 0 Å². The number of carbonyl (C=O) groups excluding carboxylic acids is 3. The highest BCUT2D eigenvalue weighted by atomic mass is 16.6. The van der Waals surface area contributed by atoms with E-state index >= 15 is 0 Å². The quantitative estimate of drug-likeness (QED) is 0.714. The third kappa shape index (κ3) is 4.47. The first-order valence-electron chi connectivity index (χ1n) is 9.23. The summed E-state index contributed by atoms with van der Waals surface area (Å²) in [6, 6.07) is 5.07. The molecule has 3 rings (SSSR count). The van der Waals surface area contributed by atoms with Crippen LogP contribution in [0.4, 0.5) is 4.79 Å². The summed E-state index contributed by atoms with van der Waals surface area (Å²) in [7, 11) is 3.07. The van der Waals surface area contributed by atoms with Gasteiger partial charge in [-0.05, 0) is 12.1 Å². The van der Waals surface area contributed by atoms with Gasteiger partial charge in [0.15, 0.2) is 0 Å². The Kier molecular flexibility index (Phi) is 6.23. The molecule has 0 radical (unpaired) electrons. The zero-order chi connectivity index (χ0) is 20.1. The number of methoxy groups -OCH3 is 2. The van der Waals surface area contributed by atoms with Crippen LogP contribution in [0.2, 0.25) is 0 Å². The Labute approximate surface area is 163 Å². The highest BCUT2D eigenvalue weighted by molar-refractivity contribution is 5.95. The Bertz CT molecular complexity index is 723. The van der Waals surface area contributed by atoms with Gasteiger partial charge in [-0.15, -0.1) is 0 Å². The standard InChI is InChI=1S/C19H25N3O6/c1-26-15-11-14(12-16(13-15)27-2)18(24)21-7-5-20(6-8-21)17(23)3-4-22-9-10-28-19(22)25/h11-13H,3-10H2,1-2H3. The molecule has 28 heavy (non-hydrogen) atoms. The van der Waals surface area contributed by atoms with Gasteiger partial charge in [0.05, 0.1) is 20.8 Å². The molecule has 2 aliphatic heterocycles. The number of rotatable bonds is 6. The van der Waals surface area contributed by atoms with Crippen molar-refractivity contribution in [2.75, 3.05) is 60.1 Å². The van der Waals surface area contributed by atoms with Gasteiger partial charge >= 0.3 is 6.09 Å². The van der Waals surface area contributed by atoms with E-state index in [0.29, 0.717) is 62.9 Å². The van der Waals surface area contributed by atoms with Gasteiger partial charge in [0, 0.05) is 50.8 Å². The average molecular weight is 391 g/mol. The van der Waals surface area contributed by atoms with Crippen LogP contribution in [0.5, 0.6) is 11.5 Å². The van der Waals surface area contributed by atoms with Crippen molar-refractivity contribution in [1.29, 1.82) is 0 Å². The normalized spacial score (nSPS) is 16.8. The molecule has 0 spiro atoms. The van der Waals surface area contributed by atoms with Gasteiger partial charge in [0.1, 0.15) is 18.1 Å². The highest BCUT2D eigenvalue weighted by Crippen LogP contribution is 2.24. The third-order valence-electron chi connectivity index (χ3n) is 4.96. The number of amides is 3. The maximum absolute atomic E-state index is 12.8. The summed E-state index contributed by atoms with van der Waals surface area (Å²) in [6.07, 6.45) is -0.104. The first kappa shape index (κ1) is 19.8. The van der Waals surface area contributed by atoms with E-state index in [2.05, 4.69) is 0 Å². The Hall–Kier alpha value is -2.97. The lowest BCUT2D eigenvalue weighted by atomic mass is 10.1. The van der Waals surface area contributed by atoms with Crippen molar-refractivity contribution in [2.45, 2.75) is 6.42 Å². The van der Waals surface area contributed by atoms with Crippen molar-refractivity contribution in [3.8, 4) is 11.5 Å². The minimum atomic E-state index is -0.364. The Morgan fingerprint density at radius 1 is 0.964 bits per heavy atom. The lowest BCUT2D eigenvalue weighted by Gasteiger charge is -2.35. The maximum Gasteiger partial charge on any atom is 0.409 e. The van der Waals surface area contributed by atoms with Gasteiger partial charge in [-0.3, -0.25) is 9.59 Å². The summed E-state index contributed by atoms with van der Waals surface area (Å²) in [5, 5.41) is 0. The van der Waals surface area contributed by atoms with E-state index in [4.69, 9.17) is 14.2 Å². The minimum absolute atomic E-state index is 0.0187. The molecule has 3 amide bonds. The maximum atomic E-state index is 12.8. The van der Waals surface area contributed by atoms with E-state index in [-0.39, 0.29) is 24.3 Å². The van der Waals surface area contributed by atoms with E-state index in [1.807, 2.05) is 0 Å². The van der Waals surface area contributed by atoms with Crippen molar-refractivity contribution in [3.63, 3.8) is 0 Å². The predicted octanol–water partition coefficient (Wildman–Crippen LogP) is 0.830. The van der Waals surface area contributed by atoms with Gasteiger partial charge in [0.2, 0.25) is 5.91 Å². The fraction of sp³-hybridized carbons (Fsp3) is 0.526. The van der Waals surface area contributed by atoms with Crippen LogP contribution in [0, 0.1) is 0 Å². The number of ether oxygens (including phenoxy) is 3. The van der Waals surface area contributed by atoms with Crippen LogP contribution in [-0.2, 0) is 9.53 Å². The SMILES string of the molecule is COc1cc(OC)cc(C(=O)N2CCN(C(=O)CCN3CCOC3=O)CC2)c1. The molecule has 0 N–H and O–H groups in total. The second-order valence-electron chi connectivity index (χ2n) is 6.63. The fourth-order valence-electron chi connectivity index (χ4n) is 3.29. The number of carbonyl (C=O) groups is 3. The van der Waals surface area contributed by atoms with Gasteiger partial charge in [-0.1, -0.05) is 0 Å². The number of hydrogen-bond donors (Lipinski definition) is 0. The smallest absolute Gasteiger partial charge is 0.409 e. The molecule has 2 fully saturated rings. The summed E-state index contributed by atoms with van der Waals surface area (Å²) >= 11 is 0. The van der Waals surface area contributed by atoms with Crippen LogP contribution in [-0.4, -0.2) is 92.7 Å². The Morgan fingerprint density at radius 3 is 2.11 bits per heavy atom. The fourth-order valence-corrected chi connectivity index (χ4v) is 3.29. The molecular formula is C19H25N3O6. The second-order valence-corrected chi connectivity index (χ2v) is 6.63. The number of benzene rings is 1. The average Bonchev–Trinajstić information content (AvgIpc) is 3.15. The summed E-state index contributed by atoms with van der Waals surface area (Å²) in [5.41, 5.74) is 0.489. The second kappa shape index (κ2) is 8.81. The molecule has 2 aliphatic rings. The summed E-state index contributed by atoms with van der Waals surface area (Å²) < 4.78 is 15.3. The summed E-state index contributed by atoms with van der Waals surface area (Å²) in [5.74, 6) is 0.966. The van der Waals surface area contributed by atoms with Gasteiger partial charge < -0.3 is 28.9 Å². The van der Waals surface area contributed by atoms with E-state index in [0.717, 1.165) is 0 Å². The zero-order valence-electron chi connectivity index (χ0n) is 16.2. The topological polar surface area (TPSA) is 88.6 Å². The Balaban J connectivity index is 1.52. The molecule has 2 heterocycles. The van der Waals surface area contributed by atoms with Crippen LogP contribution >= 0.6 is 0 Å². The first-order valence-corrected chi connectivity index (χ1v) is 9.23. The molecular weight excluding hydrogens is 366 g/mol. The predicted molar refractivity (Wildman–Crippen MR) is 99.6 cm³/mol. The monoisotopic (exact) mass is 391 g/mol. The minimum Gasteiger partial charge on any atom is -0.497 e. The van der Waals surface area contributed by atoms with E-state index in [9.17, 15) is 14.4 Å². The van der Waals surface area contributed by atoms with E-state index in [1.54, 1.807) is 28.0 Å². The molecule has 0 bridgehead atoms. The molecule has 1 aromatic rings. The number of piperazine rings is 1. The molecule has 0 atom stereocenters. The molecule has 0 unspecified atom stereocenters. The number of hydrogen-bond acceptors (Lipinski definition) is 6. The highest BCUT2D eigenvalue weighted by Gasteiger charge is 2.27. The molecule has 9 nitrogen and oxygen atoms in total. The van der Waals surface area contributed by atoms with Crippen molar-refractivity contribution >= 4 is 17.9 Å². The summed E-state index contributed by atoms with van der Waals surface area (Å²) in [4.78, 5) is 41.6. The number of nitrogens with zero attached hydrogens (tertiary/aromatic N) is 3. The van der Waals surface area contributed by atoms with Crippen LogP contribution < -0.4 is 9.47 Å². The van der Waals surface area contributed by atoms with Gasteiger partial charge in [-0.25, -0.2) is 4.79 Å². The lowest BCUT2D eigenvalue weighted by molar-refractivity contribution is -0.132. The van der Waals surface area contributed by atoms with Gasteiger partial charge in [0.25, 0.3) is 5.91 Å². The van der Waals surface area contributed by atoms with Crippen molar-refractivity contribution < 1.29 is 28.6 Å². The largest absolute Gasteiger partial charge is 0.497 e. The molecule has 0 aliphatic carbocycles. The first-order chi connectivity index (χ1) is 13.5. The lowest BCUT2D eigenvalue weighted by Crippen LogP contribution is -2.51. The van der Waals surface area contributed by atoms with Crippen molar-refractivity contribution in [1.82, 2.24) is 14.7 Å².